The highest BCUT2D eigenvalue weighted by Gasteiger charge is 2.15. The van der Waals surface area contributed by atoms with Crippen LogP contribution in [-0.4, -0.2) is 38.9 Å². The van der Waals surface area contributed by atoms with Crippen molar-refractivity contribution in [1.82, 2.24) is 10.6 Å². The molecule has 0 bridgehead atoms. The third-order valence-electron chi connectivity index (χ3n) is 5.00. The predicted octanol–water partition coefficient (Wildman–Crippen LogP) is 4.45. The largest absolute Gasteiger partial charge is 0.494 e. The van der Waals surface area contributed by atoms with Crippen molar-refractivity contribution in [2.24, 2.45) is 4.99 Å². The van der Waals surface area contributed by atoms with E-state index in [2.05, 4.69) is 10.6 Å². The zero-order chi connectivity index (χ0) is 20.5. The smallest absolute Gasteiger partial charge is 0.191 e. The van der Waals surface area contributed by atoms with Crippen molar-refractivity contribution in [3.8, 4) is 5.75 Å². The van der Waals surface area contributed by atoms with Crippen LogP contribution in [0.4, 0.5) is 4.39 Å². The number of nitrogens with one attached hydrogen (secondary N) is 2. The maximum absolute atomic E-state index is 14.1. The van der Waals surface area contributed by atoms with E-state index in [9.17, 15) is 4.39 Å². The van der Waals surface area contributed by atoms with Gasteiger partial charge in [0.25, 0.3) is 0 Å². The van der Waals surface area contributed by atoms with E-state index in [1.54, 1.807) is 12.3 Å². The van der Waals surface area contributed by atoms with E-state index < -0.39 is 0 Å². The van der Waals surface area contributed by atoms with Crippen molar-refractivity contribution >= 4 is 29.9 Å². The van der Waals surface area contributed by atoms with E-state index in [-0.39, 0.29) is 47.7 Å². The van der Waals surface area contributed by atoms with Gasteiger partial charge >= 0.3 is 0 Å². The standard InChI is InChI=1S/C22H30FN3O3.HI/c1-16(17-8-9-21(27-2)20(23)14-17)26-22(24-11-10-18-7-5-13-28-18)25-15-19-6-3-4-12-29-19;/h5,7-9,13-14,16,19H,3-4,6,10-12,15H2,1-2H3,(H2,24,25,26);1H. The number of furan rings is 1. The number of halogens is 2. The molecule has 1 fully saturated rings. The summed E-state index contributed by atoms with van der Waals surface area (Å²) in [4.78, 5) is 4.71. The number of nitrogens with zero attached hydrogens (tertiary/aromatic N) is 1. The van der Waals surface area contributed by atoms with Gasteiger partial charge in [-0.3, -0.25) is 4.99 Å². The number of hydrogen-bond donors (Lipinski definition) is 2. The molecule has 1 aromatic heterocycles. The Morgan fingerprint density at radius 3 is 2.87 bits per heavy atom. The molecule has 0 radical (unpaired) electrons. The van der Waals surface area contributed by atoms with Crippen molar-refractivity contribution in [3.05, 3.63) is 53.7 Å². The number of benzene rings is 1. The van der Waals surface area contributed by atoms with Crippen LogP contribution in [0.15, 0.2) is 46.0 Å². The van der Waals surface area contributed by atoms with Crippen LogP contribution in [0.5, 0.6) is 5.75 Å². The number of guanidine groups is 1. The molecule has 2 aromatic rings. The van der Waals surface area contributed by atoms with Gasteiger partial charge in [0.1, 0.15) is 5.76 Å². The lowest BCUT2D eigenvalue weighted by molar-refractivity contribution is 0.0224. The summed E-state index contributed by atoms with van der Waals surface area (Å²) < 4.78 is 30.2. The molecule has 0 spiro atoms. The van der Waals surface area contributed by atoms with E-state index in [0.29, 0.717) is 19.0 Å². The fourth-order valence-electron chi connectivity index (χ4n) is 3.30. The summed E-state index contributed by atoms with van der Waals surface area (Å²) in [5, 5.41) is 6.70. The van der Waals surface area contributed by atoms with Gasteiger partial charge in [0.05, 0.1) is 32.1 Å². The van der Waals surface area contributed by atoms with Crippen molar-refractivity contribution in [2.45, 2.75) is 44.8 Å². The predicted molar refractivity (Wildman–Crippen MR) is 126 cm³/mol. The van der Waals surface area contributed by atoms with E-state index >= 15 is 0 Å². The Bertz CT molecular complexity index is 780. The topological polar surface area (TPSA) is 68.0 Å². The Balaban J connectivity index is 0.00000320. The maximum Gasteiger partial charge on any atom is 0.191 e. The molecular weight excluding hydrogens is 500 g/mol. The molecule has 2 heterocycles. The third kappa shape index (κ3) is 7.46. The summed E-state index contributed by atoms with van der Waals surface area (Å²) in [7, 11) is 1.46. The lowest BCUT2D eigenvalue weighted by atomic mass is 10.1. The first-order chi connectivity index (χ1) is 14.2. The van der Waals surface area contributed by atoms with Gasteiger partial charge in [0.2, 0.25) is 0 Å². The summed E-state index contributed by atoms with van der Waals surface area (Å²) in [6.07, 6.45) is 5.90. The highest BCUT2D eigenvalue weighted by molar-refractivity contribution is 14.0. The van der Waals surface area contributed by atoms with Crippen LogP contribution < -0.4 is 15.4 Å². The quantitative estimate of drug-likeness (QED) is 0.299. The second-order valence-electron chi connectivity index (χ2n) is 7.19. The molecule has 2 unspecified atom stereocenters. The number of rotatable bonds is 8. The highest BCUT2D eigenvalue weighted by Crippen LogP contribution is 2.21. The second-order valence-corrected chi connectivity index (χ2v) is 7.19. The van der Waals surface area contributed by atoms with Gasteiger partial charge < -0.3 is 24.5 Å². The Hall–Kier alpha value is -1.81. The van der Waals surface area contributed by atoms with Crippen LogP contribution in [-0.2, 0) is 11.2 Å². The highest BCUT2D eigenvalue weighted by atomic mass is 127. The summed E-state index contributed by atoms with van der Waals surface area (Å²) in [5.74, 6) is 1.45. The Kier molecular flexibility index (Phi) is 10.4. The van der Waals surface area contributed by atoms with Crippen LogP contribution in [0.1, 0.15) is 43.6 Å². The van der Waals surface area contributed by atoms with Gasteiger partial charge in [-0.15, -0.1) is 24.0 Å². The summed E-state index contributed by atoms with van der Waals surface area (Å²) in [5.41, 5.74) is 0.817. The Morgan fingerprint density at radius 2 is 2.20 bits per heavy atom. The molecule has 1 aromatic carbocycles. The van der Waals surface area contributed by atoms with Crippen LogP contribution in [0, 0.1) is 5.82 Å². The monoisotopic (exact) mass is 531 g/mol. The number of aliphatic imine (C=N–C) groups is 1. The summed E-state index contributed by atoms with van der Waals surface area (Å²) in [6.45, 7) is 4.05. The molecule has 0 amide bonds. The molecule has 2 atom stereocenters. The van der Waals surface area contributed by atoms with E-state index in [1.807, 2.05) is 25.1 Å². The first-order valence-electron chi connectivity index (χ1n) is 10.2. The van der Waals surface area contributed by atoms with Gasteiger partial charge in [0, 0.05) is 19.6 Å². The normalized spacial score (nSPS) is 17.7. The first-order valence-corrected chi connectivity index (χ1v) is 10.2. The molecule has 0 aliphatic carbocycles. The number of hydrogen-bond acceptors (Lipinski definition) is 4. The molecule has 0 saturated carbocycles. The van der Waals surface area contributed by atoms with Crippen LogP contribution in [0.25, 0.3) is 0 Å². The van der Waals surface area contributed by atoms with Crippen LogP contribution >= 0.6 is 24.0 Å². The minimum Gasteiger partial charge on any atom is -0.494 e. The van der Waals surface area contributed by atoms with E-state index in [1.165, 1.54) is 19.6 Å². The number of ether oxygens (including phenoxy) is 2. The van der Waals surface area contributed by atoms with Crippen LogP contribution in [0.3, 0.4) is 0 Å². The molecule has 8 heteroatoms. The van der Waals surface area contributed by atoms with Gasteiger partial charge in [-0.2, -0.15) is 0 Å². The summed E-state index contributed by atoms with van der Waals surface area (Å²) >= 11 is 0. The van der Waals surface area contributed by atoms with E-state index in [0.717, 1.165) is 37.2 Å². The molecule has 2 N–H and O–H groups in total. The van der Waals surface area contributed by atoms with Gasteiger partial charge in [-0.1, -0.05) is 6.07 Å². The fourth-order valence-corrected chi connectivity index (χ4v) is 3.30. The zero-order valence-corrected chi connectivity index (χ0v) is 19.9. The van der Waals surface area contributed by atoms with Gasteiger partial charge in [-0.05, 0) is 56.0 Å². The van der Waals surface area contributed by atoms with Crippen molar-refractivity contribution in [2.75, 3.05) is 26.8 Å². The van der Waals surface area contributed by atoms with Gasteiger partial charge in [0.15, 0.2) is 17.5 Å². The lowest BCUT2D eigenvalue weighted by Gasteiger charge is -2.23. The van der Waals surface area contributed by atoms with Crippen molar-refractivity contribution in [1.29, 1.82) is 0 Å². The minimum absolute atomic E-state index is 0. The molecule has 166 valence electrons. The molecule has 1 aliphatic rings. The molecular formula is C22H31FIN3O3. The first kappa shape index (κ1) is 24.5. The second kappa shape index (κ2) is 12.8. The molecule has 1 saturated heterocycles. The average molecular weight is 531 g/mol. The van der Waals surface area contributed by atoms with Crippen molar-refractivity contribution in [3.63, 3.8) is 0 Å². The lowest BCUT2D eigenvalue weighted by Crippen LogP contribution is -2.40. The molecule has 1 aliphatic heterocycles. The maximum atomic E-state index is 14.1. The Morgan fingerprint density at radius 1 is 1.33 bits per heavy atom. The van der Waals surface area contributed by atoms with Crippen LogP contribution in [0.2, 0.25) is 0 Å². The fraction of sp³-hybridized carbons (Fsp3) is 0.500. The molecule has 6 nitrogen and oxygen atoms in total. The molecule has 30 heavy (non-hydrogen) atoms. The summed E-state index contributed by atoms with van der Waals surface area (Å²) in [6, 6.07) is 8.68. The SMILES string of the molecule is COc1ccc(C(C)NC(=NCC2CCCCO2)NCCc2ccco2)cc1F.I. The zero-order valence-electron chi connectivity index (χ0n) is 17.5. The van der Waals surface area contributed by atoms with Gasteiger partial charge in [-0.25, -0.2) is 4.39 Å². The van der Waals surface area contributed by atoms with Crippen molar-refractivity contribution < 1.29 is 18.3 Å². The van der Waals surface area contributed by atoms with E-state index in [4.69, 9.17) is 18.9 Å². The third-order valence-corrected chi connectivity index (χ3v) is 5.00. The number of methoxy groups -OCH3 is 1. The average Bonchev–Trinajstić information content (AvgIpc) is 3.26. The molecule has 3 rings (SSSR count). The minimum atomic E-state index is -0.376. The Labute approximate surface area is 194 Å².